The van der Waals surface area contributed by atoms with E-state index in [0.717, 1.165) is 18.2 Å². The third-order valence-corrected chi connectivity index (χ3v) is 5.03. The fourth-order valence-electron chi connectivity index (χ4n) is 2.54. The lowest BCUT2D eigenvalue weighted by atomic mass is 10.0. The van der Waals surface area contributed by atoms with Gasteiger partial charge in [0.05, 0.1) is 0 Å². The van der Waals surface area contributed by atoms with Crippen LogP contribution < -0.4 is 0 Å². The summed E-state index contributed by atoms with van der Waals surface area (Å²) in [6.07, 6.45) is 4.07. The second kappa shape index (κ2) is 12.1. The minimum atomic E-state index is -0.742. The summed E-state index contributed by atoms with van der Waals surface area (Å²) >= 11 is 3.24. The van der Waals surface area contributed by atoms with Gasteiger partial charge in [0.1, 0.15) is 48.2 Å². The van der Waals surface area contributed by atoms with E-state index in [4.69, 9.17) is 4.74 Å². The average molecular weight is 514 g/mol. The number of hydrogen-bond acceptors (Lipinski definition) is 4. The van der Waals surface area contributed by atoms with E-state index in [1.54, 1.807) is 0 Å². The van der Waals surface area contributed by atoms with Crippen LogP contribution in [0.3, 0.4) is 0 Å². The molecule has 10 heteroatoms. The molecule has 1 unspecified atom stereocenters. The number of halogens is 5. The number of ether oxygens (including phenoxy) is 1. The molecule has 0 fully saturated rings. The summed E-state index contributed by atoms with van der Waals surface area (Å²) in [6.45, 7) is 3.22. The van der Waals surface area contributed by atoms with E-state index in [0.29, 0.717) is 10.9 Å². The van der Waals surface area contributed by atoms with Gasteiger partial charge < -0.3 is 4.74 Å². The third kappa shape index (κ3) is 7.92. The van der Waals surface area contributed by atoms with Crippen LogP contribution >= 0.6 is 15.9 Å². The van der Waals surface area contributed by atoms with Gasteiger partial charge in [-0.1, -0.05) is 28.9 Å². The summed E-state index contributed by atoms with van der Waals surface area (Å²) in [7, 11) is 0. The Kier molecular flexibility index (Phi) is 9.58. The SMILES string of the molecule is CC(=O)OC(=Cc1ccc(F)cc1F)Cn1cncn1.CC(CBr)c1ccc(F)cc1F. The zero-order chi connectivity index (χ0) is 23.7. The Labute approximate surface area is 190 Å². The van der Waals surface area contributed by atoms with Crippen LogP contribution in [0, 0.1) is 23.3 Å². The number of carbonyl (C=O) groups excluding carboxylic acids is 1. The van der Waals surface area contributed by atoms with Crippen molar-refractivity contribution in [2.45, 2.75) is 26.3 Å². The van der Waals surface area contributed by atoms with Gasteiger partial charge in [0.15, 0.2) is 0 Å². The van der Waals surface area contributed by atoms with Crippen LogP contribution in [-0.4, -0.2) is 26.1 Å². The second-order valence-corrected chi connectivity index (χ2v) is 7.33. The molecule has 1 heterocycles. The first-order chi connectivity index (χ1) is 15.2. The van der Waals surface area contributed by atoms with Crippen LogP contribution in [-0.2, 0) is 16.1 Å². The Bertz CT molecular complexity index is 1080. The molecule has 0 aliphatic heterocycles. The largest absolute Gasteiger partial charge is 0.429 e. The number of esters is 1. The first-order valence-corrected chi connectivity index (χ1v) is 10.5. The number of rotatable bonds is 6. The molecule has 0 saturated carbocycles. The number of carbonyl (C=O) groups is 1. The molecule has 32 heavy (non-hydrogen) atoms. The number of nitrogens with zero attached hydrogens (tertiary/aromatic N) is 3. The third-order valence-electron chi connectivity index (χ3n) is 4.06. The summed E-state index contributed by atoms with van der Waals surface area (Å²) in [4.78, 5) is 14.8. The second-order valence-electron chi connectivity index (χ2n) is 6.68. The fourth-order valence-corrected chi connectivity index (χ4v) is 2.89. The summed E-state index contributed by atoms with van der Waals surface area (Å²) < 4.78 is 58.3. The lowest BCUT2D eigenvalue weighted by Gasteiger charge is -2.08. The van der Waals surface area contributed by atoms with Gasteiger partial charge in [0.2, 0.25) is 0 Å². The van der Waals surface area contributed by atoms with Crippen LogP contribution in [0.4, 0.5) is 17.6 Å². The molecule has 3 aromatic rings. The van der Waals surface area contributed by atoms with Crippen molar-refractivity contribution in [3.8, 4) is 0 Å². The lowest BCUT2D eigenvalue weighted by Crippen LogP contribution is -2.08. The van der Waals surface area contributed by atoms with E-state index >= 15 is 0 Å². The fraction of sp³-hybridized carbons (Fsp3) is 0.227. The van der Waals surface area contributed by atoms with Crippen LogP contribution in [0.5, 0.6) is 0 Å². The van der Waals surface area contributed by atoms with Crippen molar-refractivity contribution in [3.63, 3.8) is 0 Å². The summed E-state index contributed by atoms with van der Waals surface area (Å²) in [5, 5.41) is 4.54. The zero-order valence-corrected chi connectivity index (χ0v) is 18.8. The predicted octanol–water partition coefficient (Wildman–Crippen LogP) is 5.62. The van der Waals surface area contributed by atoms with Gasteiger partial charge in [0, 0.05) is 30.0 Å². The molecule has 0 N–H and O–H groups in total. The molecule has 0 aliphatic carbocycles. The van der Waals surface area contributed by atoms with Crippen molar-refractivity contribution in [1.29, 1.82) is 0 Å². The van der Waals surface area contributed by atoms with Crippen molar-refractivity contribution in [2.24, 2.45) is 0 Å². The summed E-state index contributed by atoms with van der Waals surface area (Å²) in [5.74, 6) is -2.71. The van der Waals surface area contributed by atoms with E-state index in [9.17, 15) is 22.4 Å². The highest BCUT2D eigenvalue weighted by atomic mass is 79.9. The maximum absolute atomic E-state index is 13.6. The molecule has 0 aliphatic rings. The van der Waals surface area contributed by atoms with Crippen LogP contribution in [0.2, 0.25) is 0 Å². The molecule has 170 valence electrons. The minimum Gasteiger partial charge on any atom is -0.429 e. The molecule has 0 radical (unpaired) electrons. The van der Waals surface area contributed by atoms with Crippen LogP contribution in [0.25, 0.3) is 6.08 Å². The van der Waals surface area contributed by atoms with Crippen molar-refractivity contribution in [1.82, 2.24) is 14.8 Å². The molecule has 0 amide bonds. The van der Waals surface area contributed by atoms with Crippen molar-refractivity contribution in [3.05, 3.63) is 89.2 Å². The molecule has 0 spiro atoms. The predicted molar refractivity (Wildman–Crippen MR) is 115 cm³/mol. The summed E-state index contributed by atoms with van der Waals surface area (Å²) in [5.41, 5.74) is 0.663. The van der Waals surface area contributed by atoms with Gasteiger partial charge in [-0.15, -0.1) is 0 Å². The maximum Gasteiger partial charge on any atom is 0.307 e. The van der Waals surface area contributed by atoms with E-state index in [1.807, 2.05) is 6.92 Å². The van der Waals surface area contributed by atoms with Gasteiger partial charge in [-0.2, -0.15) is 5.10 Å². The quantitative estimate of drug-likeness (QED) is 0.185. The minimum absolute atomic E-state index is 0.0746. The Balaban J connectivity index is 0.000000258. The molecule has 0 bridgehead atoms. The van der Waals surface area contributed by atoms with Crippen molar-refractivity contribution >= 4 is 28.0 Å². The Morgan fingerprint density at radius 2 is 1.78 bits per heavy atom. The highest BCUT2D eigenvalue weighted by Crippen LogP contribution is 2.21. The Morgan fingerprint density at radius 1 is 1.12 bits per heavy atom. The number of alkyl halides is 1. The highest BCUT2D eigenvalue weighted by Gasteiger charge is 2.10. The molecule has 1 aromatic heterocycles. The molecule has 3 rings (SSSR count). The summed E-state index contributed by atoms with van der Waals surface area (Å²) in [6, 6.07) is 6.81. The smallest absolute Gasteiger partial charge is 0.307 e. The van der Waals surface area contributed by atoms with Gasteiger partial charge >= 0.3 is 5.97 Å². The zero-order valence-electron chi connectivity index (χ0n) is 17.2. The van der Waals surface area contributed by atoms with Crippen LogP contribution in [0.15, 0.2) is 54.8 Å². The monoisotopic (exact) mass is 513 g/mol. The van der Waals surface area contributed by atoms with E-state index in [2.05, 4.69) is 26.0 Å². The number of hydrogen-bond donors (Lipinski definition) is 0. The van der Waals surface area contributed by atoms with Crippen molar-refractivity contribution in [2.75, 3.05) is 5.33 Å². The molecular weight excluding hydrogens is 494 g/mol. The normalized spacial score (nSPS) is 12.0. The van der Waals surface area contributed by atoms with E-state index in [-0.39, 0.29) is 23.8 Å². The first-order valence-electron chi connectivity index (χ1n) is 9.37. The van der Waals surface area contributed by atoms with Gasteiger partial charge in [-0.3, -0.25) is 4.79 Å². The van der Waals surface area contributed by atoms with E-state index in [1.165, 1.54) is 48.5 Å². The average Bonchev–Trinajstić information content (AvgIpc) is 3.22. The number of aromatic nitrogens is 3. The lowest BCUT2D eigenvalue weighted by molar-refractivity contribution is -0.137. The maximum atomic E-state index is 13.6. The van der Waals surface area contributed by atoms with E-state index < -0.39 is 29.2 Å². The Hall–Kier alpha value is -3.01. The van der Waals surface area contributed by atoms with Gasteiger partial charge in [-0.05, 0) is 35.8 Å². The van der Waals surface area contributed by atoms with Crippen molar-refractivity contribution < 1.29 is 27.1 Å². The van der Waals surface area contributed by atoms with Crippen LogP contribution in [0.1, 0.15) is 30.9 Å². The molecular formula is C22H20BrF4N3O2. The molecule has 5 nitrogen and oxygen atoms in total. The highest BCUT2D eigenvalue weighted by molar-refractivity contribution is 9.09. The molecule has 0 saturated heterocycles. The number of benzene rings is 2. The topological polar surface area (TPSA) is 57.0 Å². The first kappa shape index (κ1) is 25.3. The standard InChI is InChI=1S/C13H11F2N3O2.C9H9BrF2/c1-9(19)20-12(6-18-8-16-7-17-18)4-10-2-3-11(14)5-13(10)15;1-6(5-10)8-3-2-7(11)4-9(8)12/h2-5,7-8H,6H2,1H3;2-4,6H,5H2,1H3. The Morgan fingerprint density at radius 3 is 2.31 bits per heavy atom. The number of allylic oxidation sites excluding steroid dienone is 1. The molecule has 1 atom stereocenters. The molecule has 2 aromatic carbocycles. The van der Waals surface area contributed by atoms with Gasteiger partial charge in [0.25, 0.3) is 0 Å². The van der Waals surface area contributed by atoms with Gasteiger partial charge in [-0.25, -0.2) is 27.2 Å².